The molecule has 1 unspecified atom stereocenters. The van der Waals surface area contributed by atoms with Crippen molar-refractivity contribution in [2.75, 3.05) is 20.8 Å². The van der Waals surface area contributed by atoms with Gasteiger partial charge in [0.05, 0.1) is 26.9 Å². The van der Waals surface area contributed by atoms with E-state index in [-0.39, 0.29) is 0 Å². The maximum atomic E-state index is 9.78. The van der Waals surface area contributed by atoms with E-state index < -0.39 is 11.7 Å². The van der Waals surface area contributed by atoms with Gasteiger partial charge in [0.25, 0.3) is 0 Å². The van der Waals surface area contributed by atoms with Crippen LogP contribution in [0.2, 0.25) is 0 Å². The lowest BCUT2D eigenvalue weighted by molar-refractivity contribution is -0.00302. The predicted octanol–water partition coefficient (Wildman–Crippen LogP) is 4.78. The molecule has 3 aromatic carbocycles. The molecule has 0 aliphatic rings. The molecule has 1 atom stereocenters. The topological polar surface area (TPSA) is 47.9 Å². The van der Waals surface area contributed by atoms with Gasteiger partial charge in [0.15, 0.2) is 0 Å². The minimum absolute atomic E-state index is 0.407. The van der Waals surface area contributed by atoms with Crippen LogP contribution in [0.1, 0.15) is 30.0 Å². The highest BCUT2D eigenvalue weighted by Crippen LogP contribution is 2.41. The van der Waals surface area contributed by atoms with Crippen molar-refractivity contribution in [1.82, 2.24) is 0 Å². The Bertz CT molecular complexity index is 823. The molecular formula is C25H28O4. The first kappa shape index (κ1) is 20.9. The Hall–Kier alpha value is -2.82. The van der Waals surface area contributed by atoms with Gasteiger partial charge in [-0.2, -0.15) is 0 Å². The van der Waals surface area contributed by atoms with Gasteiger partial charge in [-0.15, -0.1) is 0 Å². The van der Waals surface area contributed by atoms with E-state index in [1.54, 1.807) is 21.1 Å². The van der Waals surface area contributed by atoms with Crippen molar-refractivity contribution in [3.8, 4) is 11.5 Å². The number of rotatable bonds is 9. The second-order valence-corrected chi connectivity index (χ2v) is 6.99. The zero-order chi connectivity index (χ0) is 20.7. The lowest BCUT2D eigenvalue weighted by atomic mass is 9.80. The van der Waals surface area contributed by atoms with Gasteiger partial charge < -0.3 is 19.3 Å². The van der Waals surface area contributed by atoms with Crippen molar-refractivity contribution in [3.05, 3.63) is 95.6 Å². The number of hydrogen-bond donors (Lipinski definition) is 1. The van der Waals surface area contributed by atoms with Gasteiger partial charge in [-0.05, 0) is 54.3 Å². The lowest BCUT2D eigenvalue weighted by Crippen LogP contribution is -2.33. The molecule has 0 bridgehead atoms. The number of aliphatic hydroxyl groups is 1. The minimum Gasteiger partial charge on any atom is -0.497 e. The monoisotopic (exact) mass is 392 g/mol. The van der Waals surface area contributed by atoms with E-state index in [1.165, 1.54) is 0 Å². The average Bonchev–Trinajstić information content (AvgIpc) is 2.77. The van der Waals surface area contributed by atoms with Crippen molar-refractivity contribution in [1.29, 1.82) is 0 Å². The third-order valence-electron chi connectivity index (χ3n) is 5.03. The largest absolute Gasteiger partial charge is 0.497 e. The summed E-state index contributed by atoms with van der Waals surface area (Å²) in [6, 6.07) is 26.0. The van der Waals surface area contributed by atoms with Gasteiger partial charge in [-0.3, -0.25) is 0 Å². The fourth-order valence-electron chi connectivity index (χ4n) is 3.46. The molecule has 0 amide bonds. The summed E-state index contributed by atoms with van der Waals surface area (Å²) in [6.45, 7) is 2.18. The van der Waals surface area contributed by atoms with Gasteiger partial charge in [0.1, 0.15) is 17.1 Å². The molecule has 4 heteroatoms. The molecule has 0 heterocycles. The smallest absolute Gasteiger partial charge is 0.143 e. The first-order valence-corrected chi connectivity index (χ1v) is 9.76. The van der Waals surface area contributed by atoms with Crippen LogP contribution >= 0.6 is 0 Å². The SMILES string of the molecule is COc1ccc(C(OCCC(C)O)(c2ccccc2)c2ccc(OC)cc2)cc1. The predicted molar refractivity (Wildman–Crippen MR) is 115 cm³/mol. The molecule has 1 N–H and O–H groups in total. The van der Waals surface area contributed by atoms with Gasteiger partial charge in [-0.1, -0.05) is 54.6 Å². The van der Waals surface area contributed by atoms with Crippen molar-refractivity contribution >= 4 is 0 Å². The van der Waals surface area contributed by atoms with Gasteiger partial charge in [-0.25, -0.2) is 0 Å². The first-order chi connectivity index (χ1) is 14.1. The van der Waals surface area contributed by atoms with Crippen molar-refractivity contribution in [2.45, 2.75) is 25.0 Å². The Morgan fingerprint density at radius 2 is 1.17 bits per heavy atom. The van der Waals surface area contributed by atoms with E-state index in [2.05, 4.69) is 12.1 Å². The maximum absolute atomic E-state index is 9.78. The highest BCUT2D eigenvalue weighted by Gasteiger charge is 2.37. The van der Waals surface area contributed by atoms with Crippen molar-refractivity contribution < 1.29 is 19.3 Å². The summed E-state index contributed by atoms with van der Waals surface area (Å²) in [5.41, 5.74) is 2.16. The molecule has 152 valence electrons. The molecule has 4 nitrogen and oxygen atoms in total. The van der Waals surface area contributed by atoms with Crippen LogP contribution in [0.4, 0.5) is 0 Å². The molecule has 0 radical (unpaired) electrons. The Morgan fingerprint density at radius 3 is 1.59 bits per heavy atom. The number of methoxy groups -OCH3 is 2. The molecule has 0 fully saturated rings. The highest BCUT2D eigenvalue weighted by molar-refractivity contribution is 5.49. The number of hydrogen-bond acceptors (Lipinski definition) is 4. The molecule has 3 rings (SSSR count). The summed E-state index contributed by atoms with van der Waals surface area (Å²) in [5.74, 6) is 1.57. The molecule has 3 aromatic rings. The molecular weight excluding hydrogens is 364 g/mol. The Balaban J connectivity index is 2.18. The fourth-order valence-corrected chi connectivity index (χ4v) is 3.46. The standard InChI is InChI=1S/C25H28O4/c1-19(26)17-18-29-25(20-7-5-4-6-8-20,21-9-13-23(27-2)14-10-21)22-11-15-24(28-3)16-12-22/h4-16,19,26H,17-18H2,1-3H3. The summed E-state index contributed by atoms with van der Waals surface area (Å²) < 4.78 is 17.3. The first-order valence-electron chi connectivity index (χ1n) is 9.76. The zero-order valence-electron chi connectivity index (χ0n) is 17.2. The molecule has 0 saturated carbocycles. The van der Waals surface area contributed by atoms with Crippen molar-refractivity contribution in [2.24, 2.45) is 0 Å². The van der Waals surface area contributed by atoms with Crippen LogP contribution in [-0.2, 0) is 10.3 Å². The van der Waals surface area contributed by atoms with Crippen LogP contribution in [0, 0.1) is 0 Å². The van der Waals surface area contributed by atoms with Gasteiger partial charge in [0, 0.05) is 0 Å². The summed E-state index contributed by atoms with van der Waals surface area (Å²) >= 11 is 0. The lowest BCUT2D eigenvalue weighted by Gasteiger charge is -2.36. The minimum atomic E-state index is -0.825. The third kappa shape index (κ3) is 4.61. The average molecular weight is 392 g/mol. The Kier molecular flexibility index (Phi) is 6.91. The van der Waals surface area contributed by atoms with E-state index in [1.807, 2.05) is 66.7 Å². The summed E-state index contributed by atoms with van der Waals surface area (Å²) in [6.07, 6.45) is 0.108. The zero-order valence-corrected chi connectivity index (χ0v) is 17.2. The van der Waals surface area contributed by atoms with E-state index in [4.69, 9.17) is 14.2 Å². The molecule has 0 spiro atoms. The second-order valence-electron chi connectivity index (χ2n) is 6.99. The van der Waals surface area contributed by atoms with E-state index in [0.717, 1.165) is 28.2 Å². The maximum Gasteiger partial charge on any atom is 0.143 e. The number of benzene rings is 3. The Labute approximate surface area is 172 Å². The number of ether oxygens (including phenoxy) is 3. The third-order valence-corrected chi connectivity index (χ3v) is 5.03. The fraction of sp³-hybridized carbons (Fsp3) is 0.280. The molecule has 29 heavy (non-hydrogen) atoms. The van der Waals surface area contributed by atoms with E-state index >= 15 is 0 Å². The van der Waals surface area contributed by atoms with Gasteiger partial charge >= 0.3 is 0 Å². The van der Waals surface area contributed by atoms with Crippen LogP contribution in [0.25, 0.3) is 0 Å². The molecule has 0 aliphatic heterocycles. The van der Waals surface area contributed by atoms with Crippen LogP contribution in [-0.4, -0.2) is 32.0 Å². The molecule has 0 saturated heterocycles. The Morgan fingerprint density at radius 1 is 0.724 bits per heavy atom. The normalized spacial score (nSPS) is 12.4. The summed E-state index contributed by atoms with van der Waals surface area (Å²) in [5, 5.41) is 9.78. The number of aliphatic hydroxyl groups excluding tert-OH is 1. The van der Waals surface area contributed by atoms with Crippen LogP contribution in [0.15, 0.2) is 78.9 Å². The van der Waals surface area contributed by atoms with Crippen molar-refractivity contribution in [3.63, 3.8) is 0 Å². The highest BCUT2D eigenvalue weighted by atomic mass is 16.5. The van der Waals surface area contributed by atoms with Crippen LogP contribution in [0.3, 0.4) is 0 Å². The van der Waals surface area contributed by atoms with Crippen LogP contribution in [0.5, 0.6) is 11.5 Å². The second kappa shape index (κ2) is 9.59. The van der Waals surface area contributed by atoms with E-state index in [0.29, 0.717) is 13.0 Å². The molecule has 0 aromatic heterocycles. The molecule has 0 aliphatic carbocycles. The summed E-state index contributed by atoms with van der Waals surface area (Å²) in [4.78, 5) is 0. The van der Waals surface area contributed by atoms with E-state index in [9.17, 15) is 5.11 Å². The quantitative estimate of drug-likeness (QED) is 0.532. The van der Waals surface area contributed by atoms with Gasteiger partial charge in [0.2, 0.25) is 0 Å². The van der Waals surface area contributed by atoms with Crippen LogP contribution < -0.4 is 9.47 Å². The summed E-state index contributed by atoms with van der Waals surface area (Å²) in [7, 11) is 3.31.